The highest BCUT2D eigenvalue weighted by atomic mass is 19.1. The molecule has 0 bridgehead atoms. The van der Waals surface area contributed by atoms with E-state index in [0.717, 1.165) is 0 Å². The summed E-state index contributed by atoms with van der Waals surface area (Å²) in [5, 5.41) is 8.75. The maximum Gasteiger partial charge on any atom is 0.313 e. The predicted octanol–water partition coefficient (Wildman–Crippen LogP) is 1.03. The Labute approximate surface area is 71.8 Å². The molecule has 1 unspecified atom stereocenters. The van der Waals surface area contributed by atoms with Gasteiger partial charge in [-0.05, 0) is 12.3 Å². The van der Waals surface area contributed by atoms with Crippen molar-refractivity contribution in [2.75, 3.05) is 13.2 Å². The molecule has 4 heteroatoms. The topological polar surface area (TPSA) is 63.3 Å². The van der Waals surface area contributed by atoms with Gasteiger partial charge in [-0.1, -0.05) is 13.8 Å². The Bertz CT molecular complexity index is 155. The Morgan fingerprint density at radius 3 is 2.25 bits per heavy atom. The largest absolute Gasteiger partial charge is 0.481 e. The van der Waals surface area contributed by atoms with E-state index in [2.05, 4.69) is 0 Å². The van der Waals surface area contributed by atoms with Gasteiger partial charge in [0.1, 0.15) is 12.1 Å². The van der Waals surface area contributed by atoms with E-state index in [0.29, 0.717) is 0 Å². The molecule has 1 atom stereocenters. The molecule has 0 aliphatic carbocycles. The molecule has 0 saturated heterocycles. The molecule has 0 aromatic heterocycles. The first-order valence-electron chi connectivity index (χ1n) is 3.98. The van der Waals surface area contributed by atoms with Crippen LogP contribution in [0.4, 0.5) is 4.39 Å². The molecule has 12 heavy (non-hydrogen) atoms. The van der Waals surface area contributed by atoms with Crippen LogP contribution in [0.15, 0.2) is 0 Å². The number of carboxylic acids is 1. The van der Waals surface area contributed by atoms with Gasteiger partial charge in [0.25, 0.3) is 0 Å². The molecule has 3 nitrogen and oxygen atoms in total. The molecule has 0 aromatic carbocycles. The van der Waals surface area contributed by atoms with Crippen LogP contribution in [0.3, 0.4) is 0 Å². The molecule has 0 fully saturated rings. The van der Waals surface area contributed by atoms with Crippen LogP contribution in [-0.2, 0) is 4.79 Å². The van der Waals surface area contributed by atoms with Gasteiger partial charge in [-0.25, -0.2) is 4.39 Å². The van der Waals surface area contributed by atoms with Gasteiger partial charge >= 0.3 is 5.97 Å². The summed E-state index contributed by atoms with van der Waals surface area (Å²) in [6, 6.07) is 0. The molecular weight excluding hydrogens is 161 g/mol. The lowest BCUT2D eigenvalue weighted by Crippen LogP contribution is -2.41. The summed E-state index contributed by atoms with van der Waals surface area (Å²) in [5.74, 6) is -0.999. The van der Waals surface area contributed by atoms with E-state index in [1.807, 2.05) is 13.8 Å². The summed E-state index contributed by atoms with van der Waals surface area (Å²) in [5.41, 5.74) is 3.88. The molecule has 0 aliphatic heterocycles. The summed E-state index contributed by atoms with van der Waals surface area (Å²) in [7, 11) is 0. The number of carboxylic acid groups (broad SMARTS) is 1. The van der Waals surface area contributed by atoms with E-state index in [4.69, 9.17) is 10.8 Å². The van der Waals surface area contributed by atoms with Gasteiger partial charge in [0.05, 0.1) is 0 Å². The van der Waals surface area contributed by atoms with Crippen molar-refractivity contribution in [1.82, 2.24) is 0 Å². The molecule has 0 aliphatic rings. The van der Waals surface area contributed by atoms with Crippen LogP contribution in [0.1, 0.15) is 20.3 Å². The van der Waals surface area contributed by atoms with Gasteiger partial charge in [-0.2, -0.15) is 0 Å². The number of nitrogens with two attached hydrogens (primary N) is 1. The third-order valence-electron chi connectivity index (χ3n) is 1.90. The van der Waals surface area contributed by atoms with E-state index in [1.165, 1.54) is 0 Å². The van der Waals surface area contributed by atoms with E-state index < -0.39 is 18.1 Å². The monoisotopic (exact) mass is 177 g/mol. The van der Waals surface area contributed by atoms with E-state index >= 15 is 0 Å². The highest BCUT2D eigenvalue weighted by molar-refractivity contribution is 5.75. The number of carbonyl (C=O) groups is 1. The van der Waals surface area contributed by atoms with Gasteiger partial charge < -0.3 is 10.8 Å². The van der Waals surface area contributed by atoms with Gasteiger partial charge in [0, 0.05) is 6.54 Å². The van der Waals surface area contributed by atoms with E-state index in [9.17, 15) is 9.18 Å². The lowest BCUT2D eigenvalue weighted by molar-refractivity contribution is -0.150. The molecule has 72 valence electrons. The minimum absolute atomic E-state index is 0.139. The smallest absolute Gasteiger partial charge is 0.313 e. The number of hydrogen-bond acceptors (Lipinski definition) is 2. The minimum atomic E-state index is -1.37. The minimum Gasteiger partial charge on any atom is -0.481 e. The normalized spacial score (nSPS) is 16.1. The van der Waals surface area contributed by atoms with Crippen LogP contribution >= 0.6 is 0 Å². The molecule has 0 heterocycles. The first-order valence-corrected chi connectivity index (χ1v) is 3.98. The van der Waals surface area contributed by atoms with Crippen molar-refractivity contribution in [1.29, 1.82) is 0 Å². The zero-order valence-corrected chi connectivity index (χ0v) is 7.51. The van der Waals surface area contributed by atoms with Crippen molar-refractivity contribution in [3.63, 3.8) is 0 Å². The highest BCUT2D eigenvalue weighted by Gasteiger charge is 2.37. The van der Waals surface area contributed by atoms with Gasteiger partial charge in [-0.15, -0.1) is 0 Å². The number of hydrogen-bond donors (Lipinski definition) is 2. The van der Waals surface area contributed by atoms with Crippen molar-refractivity contribution >= 4 is 5.97 Å². The van der Waals surface area contributed by atoms with Crippen LogP contribution in [-0.4, -0.2) is 24.3 Å². The molecule has 0 aromatic rings. The molecule has 0 radical (unpaired) electrons. The second-order valence-corrected chi connectivity index (χ2v) is 3.52. The number of halogens is 1. The van der Waals surface area contributed by atoms with Crippen LogP contribution < -0.4 is 5.73 Å². The number of alkyl halides is 1. The van der Waals surface area contributed by atoms with Crippen LogP contribution in [0.2, 0.25) is 0 Å². The van der Waals surface area contributed by atoms with Crippen LogP contribution in [0, 0.1) is 11.3 Å². The fourth-order valence-corrected chi connectivity index (χ4v) is 1.21. The second kappa shape index (κ2) is 4.40. The Hall–Kier alpha value is -0.640. The molecule has 0 amide bonds. The third kappa shape index (κ3) is 2.44. The zero-order valence-electron chi connectivity index (χ0n) is 7.51. The fraction of sp³-hybridized carbons (Fsp3) is 0.875. The SMILES string of the molecule is CC(C)CC(CN)(CF)C(=O)O. The summed E-state index contributed by atoms with van der Waals surface area (Å²) in [6.45, 7) is 2.67. The van der Waals surface area contributed by atoms with Crippen LogP contribution in [0.5, 0.6) is 0 Å². The van der Waals surface area contributed by atoms with Crippen molar-refractivity contribution in [2.45, 2.75) is 20.3 Å². The Kier molecular flexibility index (Phi) is 4.17. The van der Waals surface area contributed by atoms with E-state index in [1.54, 1.807) is 0 Å². The fourth-order valence-electron chi connectivity index (χ4n) is 1.21. The van der Waals surface area contributed by atoms with Gasteiger partial charge in [0.15, 0.2) is 0 Å². The maximum atomic E-state index is 12.5. The second-order valence-electron chi connectivity index (χ2n) is 3.52. The first-order chi connectivity index (χ1) is 5.48. The molecule has 0 spiro atoms. The Morgan fingerprint density at radius 2 is 2.17 bits per heavy atom. The maximum absolute atomic E-state index is 12.5. The van der Waals surface area contributed by atoms with Gasteiger partial charge in [-0.3, -0.25) is 4.79 Å². The van der Waals surface area contributed by atoms with E-state index in [-0.39, 0.29) is 18.9 Å². The third-order valence-corrected chi connectivity index (χ3v) is 1.90. The lowest BCUT2D eigenvalue weighted by atomic mass is 9.81. The number of rotatable bonds is 5. The van der Waals surface area contributed by atoms with Crippen LogP contribution in [0.25, 0.3) is 0 Å². The van der Waals surface area contributed by atoms with Gasteiger partial charge in [0.2, 0.25) is 0 Å². The van der Waals surface area contributed by atoms with Crippen molar-refractivity contribution in [2.24, 2.45) is 17.1 Å². The average Bonchev–Trinajstić information content (AvgIpc) is 1.99. The van der Waals surface area contributed by atoms with Crippen molar-refractivity contribution < 1.29 is 14.3 Å². The van der Waals surface area contributed by atoms with Crippen molar-refractivity contribution in [3.8, 4) is 0 Å². The Balaban J connectivity index is 4.46. The standard InChI is InChI=1S/C8H16FNO2/c1-6(2)3-8(4-9,5-10)7(11)12/h6H,3-5,10H2,1-2H3,(H,11,12). The first kappa shape index (κ1) is 11.4. The molecule has 0 rings (SSSR count). The zero-order chi connectivity index (χ0) is 9.78. The summed E-state index contributed by atoms with van der Waals surface area (Å²) >= 11 is 0. The molecular formula is C8H16FNO2. The molecule has 0 saturated carbocycles. The average molecular weight is 177 g/mol. The number of aliphatic carboxylic acids is 1. The quantitative estimate of drug-likeness (QED) is 0.659. The summed E-state index contributed by atoms with van der Waals surface area (Å²) in [4.78, 5) is 10.7. The highest BCUT2D eigenvalue weighted by Crippen LogP contribution is 2.26. The lowest BCUT2D eigenvalue weighted by Gasteiger charge is -2.25. The molecule has 3 N–H and O–H groups in total. The predicted molar refractivity (Wildman–Crippen MR) is 44.6 cm³/mol. The summed E-state index contributed by atoms with van der Waals surface area (Å²) < 4.78 is 12.5. The summed E-state index contributed by atoms with van der Waals surface area (Å²) in [6.07, 6.45) is 0.287. The van der Waals surface area contributed by atoms with Crippen molar-refractivity contribution in [3.05, 3.63) is 0 Å². The Morgan fingerprint density at radius 1 is 1.67 bits per heavy atom.